The molecule has 0 aliphatic heterocycles. The van der Waals surface area contributed by atoms with Crippen molar-refractivity contribution < 1.29 is 4.79 Å². The van der Waals surface area contributed by atoms with Crippen molar-refractivity contribution in [1.29, 1.82) is 0 Å². The topological polar surface area (TPSA) is 67.2 Å². The Balaban J connectivity index is 2.35. The van der Waals surface area contributed by atoms with Crippen LogP contribution >= 0.6 is 0 Å². The summed E-state index contributed by atoms with van der Waals surface area (Å²) in [5.74, 6) is 0. The Labute approximate surface area is 109 Å². The van der Waals surface area contributed by atoms with Gasteiger partial charge in [-0.3, -0.25) is 0 Å². The summed E-state index contributed by atoms with van der Waals surface area (Å²) in [5, 5.41) is 5.62. The van der Waals surface area contributed by atoms with Gasteiger partial charge in [-0.05, 0) is 31.0 Å². The SMILES string of the molecule is CCCCCNC(=O)Nc1ccc(C(C)N)cc1. The molecule has 0 aliphatic rings. The number of unbranched alkanes of at least 4 members (excludes halogenated alkanes) is 2. The molecule has 4 N–H and O–H groups in total. The zero-order valence-corrected chi connectivity index (χ0v) is 11.2. The lowest BCUT2D eigenvalue weighted by Gasteiger charge is -2.09. The van der Waals surface area contributed by atoms with Crippen LogP contribution in [0.25, 0.3) is 0 Å². The van der Waals surface area contributed by atoms with Crippen LogP contribution in [0, 0.1) is 0 Å². The van der Waals surface area contributed by atoms with Gasteiger partial charge in [0.2, 0.25) is 0 Å². The number of carbonyl (C=O) groups excluding carboxylic acids is 1. The highest BCUT2D eigenvalue weighted by molar-refractivity contribution is 5.89. The van der Waals surface area contributed by atoms with Crippen molar-refractivity contribution in [2.75, 3.05) is 11.9 Å². The number of hydrogen-bond donors (Lipinski definition) is 3. The molecule has 0 aromatic heterocycles. The van der Waals surface area contributed by atoms with Gasteiger partial charge in [-0.15, -0.1) is 0 Å². The van der Waals surface area contributed by atoms with Gasteiger partial charge in [0.25, 0.3) is 0 Å². The summed E-state index contributed by atoms with van der Waals surface area (Å²) in [6.07, 6.45) is 3.32. The van der Waals surface area contributed by atoms with Gasteiger partial charge in [0.1, 0.15) is 0 Å². The lowest BCUT2D eigenvalue weighted by atomic mass is 10.1. The maximum Gasteiger partial charge on any atom is 0.319 e. The smallest absolute Gasteiger partial charge is 0.319 e. The lowest BCUT2D eigenvalue weighted by Crippen LogP contribution is -2.29. The second-order valence-corrected chi connectivity index (χ2v) is 4.50. The van der Waals surface area contributed by atoms with Gasteiger partial charge < -0.3 is 16.4 Å². The molecule has 1 aromatic carbocycles. The summed E-state index contributed by atoms with van der Waals surface area (Å²) in [7, 11) is 0. The maximum atomic E-state index is 11.5. The van der Waals surface area contributed by atoms with Crippen LogP contribution in [0.3, 0.4) is 0 Å². The first-order valence-corrected chi connectivity index (χ1v) is 6.54. The molecule has 0 spiro atoms. The van der Waals surface area contributed by atoms with Gasteiger partial charge in [0.15, 0.2) is 0 Å². The molecule has 4 nitrogen and oxygen atoms in total. The van der Waals surface area contributed by atoms with Crippen molar-refractivity contribution in [2.45, 2.75) is 39.2 Å². The van der Waals surface area contributed by atoms with Crippen molar-refractivity contribution >= 4 is 11.7 Å². The van der Waals surface area contributed by atoms with Crippen LogP contribution in [0.2, 0.25) is 0 Å². The highest BCUT2D eigenvalue weighted by atomic mass is 16.2. The normalized spacial score (nSPS) is 11.9. The summed E-state index contributed by atoms with van der Waals surface area (Å²) >= 11 is 0. The van der Waals surface area contributed by atoms with Crippen molar-refractivity contribution in [3.8, 4) is 0 Å². The van der Waals surface area contributed by atoms with Crippen molar-refractivity contribution in [3.63, 3.8) is 0 Å². The Morgan fingerprint density at radius 3 is 2.50 bits per heavy atom. The molecule has 0 saturated heterocycles. The Kier molecular flexibility index (Phi) is 6.22. The van der Waals surface area contributed by atoms with Crippen LogP contribution in [-0.4, -0.2) is 12.6 Å². The minimum absolute atomic E-state index is 0.0157. The molecule has 1 atom stereocenters. The highest BCUT2D eigenvalue weighted by Gasteiger charge is 2.02. The molecular weight excluding hydrogens is 226 g/mol. The molecular formula is C14H23N3O. The van der Waals surface area contributed by atoms with E-state index in [0.29, 0.717) is 0 Å². The van der Waals surface area contributed by atoms with E-state index >= 15 is 0 Å². The number of rotatable bonds is 6. The van der Waals surface area contributed by atoms with Crippen LogP contribution in [0.4, 0.5) is 10.5 Å². The Bertz CT molecular complexity index is 360. The largest absolute Gasteiger partial charge is 0.338 e. The fourth-order valence-corrected chi connectivity index (χ4v) is 1.62. The average Bonchev–Trinajstić information content (AvgIpc) is 2.35. The molecule has 0 radical (unpaired) electrons. The number of amides is 2. The summed E-state index contributed by atoms with van der Waals surface area (Å²) in [4.78, 5) is 11.5. The first kappa shape index (κ1) is 14.5. The van der Waals surface area contributed by atoms with E-state index in [4.69, 9.17) is 5.73 Å². The average molecular weight is 249 g/mol. The third-order valence-corrected chi connectivity index (χ3v) is 2.76. The summed E-state index contributed by atoms with van der Waals surface area (Å²) in [6, 6.07) is 7.45. The molecule has 1 rings (SSSR count). The predicted molar refractivity (Wildman–Crippen MR) is 75.6 cm³/mol. The third-order valence-electron chi connectivity index (χ3n) is 2.76. The molecule has 0 fully saturated rings. The van der Waals surface area contributed by atoms with Gasteiger partial charge in [0, 0.05) is 18.3 Å². The van der Waals surface area contributed by atoms with E-state index in [1.807, 2.05) is 31.2 Å². The maximum absolute atomic E-state index is 11.5. The van der Waals surface area contributed by atoms with Crippen LogP contribution in [0.15, 0.2) is 24.3 Å². The van der Waals surface area contributed by atoms with E-state index in [2.05, 4.69) is 17.6 Å². The second kappa shape index (κ2) is 7.71. The zero-order valence-electron chi connectivity index (χ0n) is 11.2. The number of benzene rings is 1. The van der Waals surface area contributed by atoms with E-state index in [1.54, 1.807) is 0 Å². The zero-order chi connectivity index (χ0) is 13.4. The predicted octanol–water partition coefficient (Wildman–Crippen LogP) is 3.02. The fourth-order valence-electron chi connectivity index (χ4n) is 1.62. The van der Waals surface area contributed by atoms with Gasteiger partial charge in [-0.2, -0.15) is 0 Å². The monoisotopic (exact) mass is 249 g/mol. The number of anilines is 1. The molecule has 18 heavy (non-hydrogen) atoms. The summed E-state index contributed by atoms with van der Waals surface area (Å²) in [5.41, 5.74) is 7.60. The molecule has 2 amide bonds. The van der Waals surface area contributed by atoms with E-state index in [-0.39, 0.29) is 12.1 Å². The fraction of sp³-hybridized carbons (Fsp3) is 0.500. The Hall–Kier alpha value is -1.55. The molecule has 1 unspecified atom stereocenters. The molecule has 4 heteroatoms. The van der Waals surface area contributed by atoms with E-state index < -0.39 is 0 Å². The number of nitrogens with two attached hydrogens (primary N) is 1. The first-order valence-electron chi connectivity index (χ1n) is 6.54. The number of nitrogens with one attached hydrogen (secondary N) is 2. The van der Waals surface area contributed by atoms with Crippen LogP contribution in [0.1, 0.15) is 44.7 Å². The lowest BCUT2D eigenvalue weighted by molar-refractivity contribution is 0.252. The third kappa shape index (κ3) is 5.19. The minimum Gasteiger partial charge on any atom is -0.338 e. The molecule has 0 bridgehead atoms. The van der Waals surface area contributed by atoms with Crippen molar-refractivity contribution in [3.05, 3.63) is 29.8 Å². The van der Waals surface area contributed by atoms with Crippen LogP contribution in [-0.2, 0) is 0 Å². The minimum atomic E-state index is -0.153. The number of carbonyl (C=O) groups is 1. The molecule has 0 saturated carbocycles. The molecule has 100 valence electrons. The summed E-state index contributed by atoms with van der Waals surface area (Å²) in [6.45, 7) is 4.79. The molecule has 0 aliphatic carbocycles. The quantitative estimate of drug-likeness (QED) is 0.678. The van der Waals surface area contributed by atoms with Crippen molar-refractivity contribution in [1.82, 2.24) is 5.32 Å². The van der Waals surface area contributed by atoms with Gasteiger partial charge >= 0.3 is 6.03 Å². The van der Waals surface area contributed by atoms with E-state index in [1.165, 1.54) is 0 Å². The van der Waals surface area contributed by atoms with Crippen LogP contribution < -0.4 is 16.4 Å². The van der Waals surface area contributed by atoms with Crippen LogP contribution in [0.5, 0.6) is 0 Å². The standard InChI is InChI=1S/C14H23N3O/c1-3-4-5-10-16-14(18)17-13-8-6-12(7-9-13)11(2)15/h6-9,11H,3-5,10,15H2,1-2H3,(H2,16,17,18). The number of hydrogen-bond acceptors (Lipinski definition) is 2. The van der Waals surface area contributed by atoms with Gasteiger partial charge in [-0.25, -0.2) is 4.79 Å². The Morgan fingerprint density at radius 1 is 1.28 bits per heavy atom. The first-order chi connectivity index (χ1) is 8.63. The van der Waals surface area contributed by atoms with Gasteiger partial charge in [0.05, 0.1) is 0 Å². The van der Waals surface area contributed by atoms with Crippen molar-refractivity contribution in [2.24, 2.45) is 5.73 Å². The highest BCUT2D eigenvalue weighted by Crippen LogP contribution is 2.13. The summed E-state index contributed by atoms with van der Waals surface area (Å²) < 4.78 is 0. The van der Waals surface area contributed by atoms with E-state index in [9.17, 15) is 4.79 Å². The number of urea groups is 1. The van der Waals surface area contributed by atoms with Gasteiger partial charge in [-0.1, -0.05) is 31.9 Å². The second-order valence-electron chi connectivity index (χ2n) is 4.50. The molecule has 1 aromatic rings. The van der Waals surface area contributed by atoms with E-state index in [0.717, 1.165) is 37.1 Å². The Morgan fingerprint density at radius 2 is 1.94 bits per heavy atom. The molecule has 0 heterocycles.